The highest BCUT2D eigenvalue weighted by Crippen LogP contribution is 2.41. The third kappa shape index (κ3) is 2.90. The third-order valence-electron chi connectivity index (χ3n) is 4.37. The Hall–Kier alpha value is -1.40. The largest absolute Gasteiger partial charge is 0.477 e. The minimum absolute atomic E-state index is 0.0832. The Kier molecular flexibility index (Phi) is 3.77. The van der Waals surface area contributed by atoms with Crippen LogP contribution < -0.4 is 0 Å². The Bertz CT molecular complexity index is 601. The lowest BCUT2D eigenvalue weighted by molar-refractivity contribution is -0.184. The van der Waals surface area contributed by atoms with Gasteiger partial charge in [-0.25, -0.2) is 4.79 Å². The van der Waals surface area contributed by atoms with Crippen molar-refractivity contribution in [2.75, 3.05) is 13.1 Å². The van der Waals surface area contributed by atoms with Crippen molar-refractivity contribution in [3.05, 3.63) is 21.9 Å². The molecule has 0 bridgehead atoms. The van der Waals surface area contributed by atoms with Crippen LogP contribution >= 0.6 is 11.3 Å². The van der Waals surface area contributed by atoms with Gasteiger partial charge in [-0.05, 0) is 38.8 Å². The summed E-state index contributed by atoms with van der Waals surface area (Å²) in [4.78, 5) is 26.3. The van der Waals surface area contributed by atoms with Crippen molar-refractivity contribution in [3.8, 4) is 0 Å². The molecule has 120 valence electrons. The van der Waals surface area contributed by atoms with Crippen molar-refractivity contribution in [3.63, 3.8) is 0 Å². The molecule has 5 nitrogen and oxygen atoms in total. The summed E-state index contributed by atoms with van der Waals surface area (Å²) in [5, 5.41) is 9.01. The molecule has 1 amide bonds. The molecule has 2 heterocycles. The van der Waals surface area contributed by atoms with Crippen LogP contribution in [0.5, 0.6) is 0 Å². The summed E-state index contributed by atoms with van der Waals surface area (Å²) in [5.41, 5.74) is -0.588. The van der Waals surface area contributed by atoms with E-state index in [1.165, 1.54) is 6.07 Å². The molecule has 0 radical (unpaired) electrons. The summed E-state index contributed by atoms with van der Waals surface area (Å²) in [6, 6.07) is 3.11. The van der Waals surface area contributed by atoms with Crippen molar-refractivity contribution >= 4 is 23.2 Å². The van der Waals surface area contributed by atoms with Crippen molar-refractivity contribution in [2.45, 2.75) is 50.7 Å². The number of amides is 1. The molecule has 2 aliphatic rings. The predicted molar refractivity (Wildman–Crippen MR) is 83.5 cm³/mol. The molecule has 1 aromatic rings. The lowest BCUT2D eigenvalue weighted by atomic mass is 9.94. The number of thiophene rings is 1. The number of ether oxygens (including phenoxy) is 1. The first-order valence-electron chi connectivity index (χ1n) is 7.63. The van der Waals surface area contributed by atoms with Gasteiger partial charge >= 0.3 is 5.97 Å². The van der Waals surface area contributed by atoms with Gasteiger partial charge in [0.15, 0.2) is 0 Å². The predicted octanol–water partition coefficient (Wildman–Crippen LogP) is 3.01. The monoisotopic (exact) mass is 323 g/mol. The van der Waals surface area contributed by atoms with Gasteiger partial charge in [-0.3, -0.25) is 4.79 Å². The molecular formula is C16H21NO4S. The van der Waals surface area contributed by atoms with Crippen LogP contribution in [-0.2, 0) is 4.74 Å². The highest BCUT2D eigenvalue weighted by Gasteiger charge is 2.47. The average Bonchev–Trinajstić information content (AvgIpc) is 3.05. The van der Waals surface area contributed by atoms with Gasteiger partial charge in [0.05, 0.1) is 22.6 Å². The smallest absolute Gasteiger partial charge is 0.345 e. The lowest BCUT2D eigenvalue weighted by Crippen LogP contribution is -2.59. The number of hydrogen-bond acceptors (Lipinski definition) is 4. The van der Waals surface area contributed by atoms with Crippen LogP contribution in [0.1, 0.15) is 58.9 Å². The Morgan fingerprint density at radius 3 is 2.41 bits per heavy atom. The fourth-order valence-corrected chi connectivity index (χ4v) is 4.47. The van der Waals surface area contributed by atoms with Gasteiger partial charge in [-0.15, -0.1) is 11.3 Å². The molecule has 0 atom stereocenters. The molecule has 1 spiro atoms. The molecule has 1 aromatic heterocycles. The van der Waals surface area contributed by atoms with Crippen LogP contribution in [-0.4, -0.2) is 46.2 Å². The minimum Gasteiger partial charge on any atom is -0.477 e. The molecule has 3 rings (SSSR count). The maximum atomic E-state index is 12.8. The number of carbonyl (C=O) groups excluding carboxylic acids is 1. The van der Waals surface area contributed by atoms with Gasteiger partial charge in [0, 0.05) is 6.54 Å². The van der Waals surface area contributed by atoms with E-state index in [0.29, 0.717) is 18.0 Å². The van der Waals surface area contributed by atoms with E-state index in [9.17, 15) is 9.59 Å². The topological polar surface area (TPSA) is 66.8 Å². The number of morpholine rings is 1. The van der Waals surface area contributed by atoms with Crippen LogP contribution in [0.2, 0.25) is 0 Å². The Morgan fingerprint density at radius 2 is 1.82 bits per heavy atom. The maximum Gasteiger partial charge on any atom is 0.345 e. The molecule has 0 unspecified atom stereocenters. The lowest BCUT2D eigenvalue weighted by Gasteiger charge is -2.48. The van der Waals surface area contributed by atoms with Crippen molar-refractivity contribution in [1.82, 2.24) is 4.90 Å². The number of carboxylic acids is 1. The van der Waals surface area contributed by atoms with Gasteiger partial charge < -0.3 is 14.7 Å². The Morgan fingerprint density at radius 1 is 1.18 bits per heavy atom. The second kappa shape index (κ2) is 5.35. The zero-order chi connectivity index (χ0) is 16.0. The molecule has 6 heteroatoms. The second-order valence-electron chi connectivity index (χ2n) is 6.88. The third-order valence-corrected chi connectivity index (χ3v) is 5.43. The van der Waals surface area contributed by atoms with E-state index < -0.39 is 5.97 Å². The van der Waals surface area contributed by atoms with Crippen LogP contribution in [0, 0.1) is 0 Å². The van der Waals surface area contributed by atoms with Gasteiger partial charge in [0.1, 0.15) is 4.88 Å². The highest BCUT2D eigenvalue weighted by atomic mass is 32.1. The van der Waals surface area contributed by atoms with E-state index in [-0.39, 0.29) is 22.0 Å². The second-order valence-corrected chi connectivity index (χ2v) is 7.97. The van der Waals surface area contributed by atoms with Crippen LogP contribution in [0.15, 0.2) is 12.1 Å². The summed E-state index contributed by atoms with van der Waals surface area (Å²) in [6.45, 7) is 5.18. The van der Waals surface area contributed by atoms with Crippen LogP contribution in [0.25, 0.3) is 0 Å². The number of carbonyl (C=O) groups is 2. The minimum atomic E-state index is -0.987. The van der Waals surface area contributed by atoms with Crippen molar-refractivity contribution in [1.29, 1.82) is 0 Å². The van der Waals surface area contributed by atoms with E-state index in [4.69, 9.17) is 9.84 Å². The van der Waals surface area contributed by atoms with E-state index in [2.05, 4.69) is 0 Å². The van der Waals surface area contributed by atoms with Gasteiger partial charge in [0.2, 0.25) is 0 Å². The van der Waals surface area contributed by atoms with E-state index in [1.807, 2.05) is 18.7 Å². The highest BCUT2D eigenvalue weighted by molar-refractivity contribution is 7.15. The Labute approximate surface area is 133 Å². The molecule has 1 aliphatic heterocycles. The summed E-state index contributed by atoms with van der Waals surface area (Å²) in [6.07, 6.45) is 4.26. The number of aromatic carboxylic acids is 1. The summed E-state index contributed by atoms with van der Waals surface area (Å²) >= 11 is 1.04. The quantitative estimate of drug-likeness (QED) is 0.908. The number of hydrogen-bond donors (Lipinski definition) is 1. The van der Waals surface area contributed by atoms with Gasteiger partial charge in [-0.2, -0.15) is 0 Å². The summed E-state index contributed by atoms with van der Waals surface area (Å²) in [7, 11) is 0. The Balaban J connectivity index is 1.82. The molecule has 1 aliphatic carbocycles. The molecule has 1 N–H and O–H groups in total. The maximum absolute atomic E-state index is 12.8. The molecule has 1 saturated heterocycles. The number of nitrogens with zero attached hydrogens (tertiary/aromatic N) is 1. The summed E-state index contributed by atoms with van der Waals surface area (Å²) in [5.74, 6) is -1.07. The van der Waals surface area contributed by atoms with Crippen molar-refractivity contribution < 1.29 is 19.4 Å². The molecule has 22 heavy (non-hydrogen) atoms. The fraction of sp³-hybridized carbons (Fsp3) is 0.625. The molecular weight excluding hydrogens is 302 g/mol. The van der Waals surface area contributed by atoms with Crippen LogP contribution in [0.4, 0.5) is 0 Å². The van der Waals surface area contributed by atoms with Crippen LogP contribution in [0.3, 0.4) is 0 Å². The number of rotatable bonds is 2. The first-order valence-corrected chi connectivity index (χ1v) is 8.45. The summed E-state index contributed by atoms with van der Waals surface area (Å²) < 4.78 is 6.30. The van der Waals surface area contributed by atoms with E-state index >= 15 is 0 Å². The first kappa shape index (κ1) is 15.5. The zero-order valence-corrected chi connectivity index (χ0v) is 13.7. The SMILES string of the molecule is CC1(C)CN(C(=O)c2ccc(C(=O)O)s2)CC2(CCCC2)O1. The standard InChI is InChI=1S/C16H21NO4S/c1-15(2)9-17(10-16(21-15)7-3-4-8-16)13(18)11-5-6-12(22-11)14(19)20/h5-6H,3-4,7-10H2,1-2H3,(H,19,20). The normalized spacial score (nSPS) is 22.9. The average molecular weight is 323 g/mol. The van der Waals surface area contributed by atoms with Gasteiger partial charge in [-0.1, -0.05) is 12.8 Å². The van der Waals surface area contributed by atoms with E-state index in [0.717, 1.165) is 37.0 Å². The fourth-order valence-electron chi connectivity index (χ4n) is 3.66. The van der Waals surface area contributed by atoms with E-state index in [1.54, 1.807) is 6.07 Å². The zero-order valence-electron chi connectivity index (χ0n) is 12.9. The molecule has 1 saturated carbocycles. The first-order chi connectivity index (χ1) is 10.3. The van der Waals surface area contributed by atoms with Gasteiger partial charge in [0.25, 0.3) is 5.91 Å². The van der Waals surface area contributed by atoms with Crippen molar-refractivity contribution in [2.24, 2.45) is 0 Å². The molecule has 0 aromatic carbocycles. The number of carboxylic acid groups (broad SMARTS) is 1. The molecule has 2 fully saturated rings.